The second-order valence-corrected chi connectivity index (χ2v) is 5.85. The number of nitrogen functional groups attached to an aromatic ring is 1. The minimum atomic E-state index is 0.407. The van der Waals surface area contributed by atoms with Gasteiger partial charge in [0.25, 0.3) is 0 Å². The van der Waals surface area contributed by atoms with Gasteiger partial charge in [-0.05, 0) is 49.1 Å². The number of nitrogens with zero attached hydrogens (tertiary/aromatic N) is 2. The third-order valence-corrected chi connectivity index (χ3v) is 3.91. The Bertz CT molecular complexity index is 739. The molecule has 6 N–H and O–H groups in total. The third kappa shape index (κ3) is 3.35. The van der Waals surface area contributed by atoms with Crippen molar-refractivity contribution in [3.05, 3.63) is 48.4 Å². The number of rotatable bonds is 5. The molecule has 4 rings (SSSR count). The Labute approximate surface area is 134 Å². The molecule has 0 bridgehead atoms. The summed E-state index contributed by atoms with van der Waals surface area (Å²) in [6.45, 7) is 0. The van der Waals surface area contributed by atoms with Crippen LogP contribution in [0.1, 0.15) is 12.8 Å². The van der Waals surface area contributed by atoms with E-state index < -0.39 is 0 Å². The lowest BCUT2D eigenvalue weighted by Crippen LogP contribution is -2.34. The highest BCUT2D eigenvalue weighted by Crippen LogP contribution is 2.34. The first-order chi connectivity index (χ1) is 11.3. The normalized spacial score (nSPS) is 19.8. The third-order valence-electron chi connectivity index (χ3n) is 3.91. The van der Waals surface area contributed by atoms with E-state index in [1.807, 2.05) is 30.3 Å². The highest BCUT2D eigenvalue weighted by Gasteiger charge is 2.32. The van der Waals surface area contributed by atoms with Crippen molar-refractivity contribution in [1.82, 2.24) is 20.8 Å². The van der Waals surface area contributed by atoms with Gasteiger partial charge in [-0.1, -0.05) is 6.07 Å². The molecule has 1 saturated carbocycles. The largest absolute Gasteiger partial charge is 0.399 e. The van der Waals surface area contributed by atoms with Crippen LogP contribution >= 0.6 is 0 Å². The van der Waals surface area contributed by atoms with Gasteiger partial charge in [-0.25, -0.2) is 10.4 Å². The molecule has 2 heterocycles. The van der Waals surface area contributed by atoms with Crippen LogP contribution in [0.2, 0.25) is 0 Å². The van der Waals surface area contributed by atoms with Crippen molar-refractivity contribution in [3.63, 3.8) is 0 Å². The summed E-state index contributed by atoms with van der Waals surface area (Å²) in [5.41, 5.74) is 13.8. The van der Waals surface area contributed by atoms with Crippen LogP contribution in [-0.2, 0) is 0 Å². The first kappa shape index (κ1) is 13.8. The van der Waals surface area contributed by atoms with E-state index in [1.165, 1.54) is 12.8 Å². The predicted molar refractivity (Wildman–Crippen MR) is 90.7 cm³/mol. The Kier molecular flexibility index (Phi) is 3.47. The van der Waals surface area contributed by atoms with E-state index >= 15 is 0 Å². The quantitative estimate of drug-likeness (QED) is 0.538. The summed E-state index contributed by atoms with van der Waals surface area (Å²) in [4.78, 5) is 8.70. The number of hydrogen-bond acceptors (Lipinski definition) is 7. The van der Waals surface area contributed by atoms with Gasteiger partial charge in [0, 0.05) is 17.6 Å². The Balaban J connectivity index is 1.45. The number of benzene rings is 1. The molecular weight excluding hydrogens is 290 g/mol. The predicted octanol–water partition coefficient (Wildman–Crippen LogP) is 1.94. The maximum atomic E-state index is 5.78. The van der Waals surface area contributed by atoms with Crippen molar-refractivity contribution < 1.29 is 0 Å². The van der Waals surface area contributed by atoms with Crippen molar-refractivity contribution >= 4 is 23.1 Å². The molecule has 1 aromatic heterocycles. The first-order valence-electron chi connectivity index (χ1n) is 7.72. The smallest absolute Gasteiger partial charge is 0.229 e. The molecule has 1 unspecified atom stereocenters. The monoisotopic (exact) mass is 309 g/mol. The summed E-state index contributed by atoms with van der Waals surface area (Å²) in [5.74, 6) is 2.93. The van der Waals surface area contributed by atoms with E-state index in [4.69, 9.17) is 5.73 Å². The van der Waals surface area contributed by atoms with Crippen LogP contribution in [-0.4, -0.2) is 16.0 Å². The summed E-state index contributed by atoms with van der Waals surface area (Å²) >= 11 is 0. The van der Waals surface area contributed by atoms with Crippen LogP contribution in [0, 0.1) is 5.92 Å². The van der Waals surface area contributed by atoms with Crippen molar-refractivity contribution in [2.24, 2.45) is 5.92 Å². The highest BCUT2D eigenvalue weighted by molar-refractivity contribution is 5.60. The number of hydrogen-bond donors (Lipinski definition) is 5. The van der Waals surface area contributed by atoms with Crippen LogP contribution in [0.3, 0.4) is 0 Å². The number of nitrogens with two attached hydrogens (primary N) is 1. The van der Waals surface area contributed by atoms with Crippen molar-refractivity contribution in [2.45, 2.75) is 18.9 Å². The van der Waals surface area contributed by atoms with Crippen molar-refractivity contribution in [2.75, 3.05) is 16.4 Å². The molecule has 0 radical (unpaired) electrons. The van der Waals surface area contributed by atoms with Crippen LogP contribution in [0.15, 0.2) is 48.4 Å². The second kappa shape index (κ2) is 5.77. The van der Waals surface area contributed by atoms with Gasteiger partial charge in [0.2, 0.25) is 5.95 Å². The lowest BCUT2D eigenvalue weighted by molar-refractivity contribution is 0.530. The molecule has 0 saturated heterocycles. The molecule has 2 aliphatic rings. The highest BCUT2D eigenvalue weighted by atomic mass is 15.4. The van der Waals surface area contributed by atoms with Gasteiger partial charge in [0.1, 0.15) is 11.6 Å². The zero-order chi connectivity index (χ0) is 15.6. The van der Waals surface area contributed by atoms with Gasteiger partial charge in [-0.2, -0.15) is 4.98 Å². The standard InChI is InChI=1S/C16H19N7/c17-11-2-1-3-12(8-11)19-16-18-7-6-14(21-16)20-15-9-13(22-23-15)10-4-5-10/h1-3,6-10,13,22-23H,4-5,17H2,(H2,18,19,20,21). The molecule has 0 amide bonds. The topological polar surface area (TPSA) is 99.9 Å². The van der Waals surface area contributed by atoms with Gasteiger partial charge >= 0.3 is 0 Å². The van der Waals surface area contributed by atoms with Gasteiger partial charge < -0.3 is 21.8 Å². The average Bonchev–Trinajstić information content (AvgIpc) is 3.28. The van der Waals surface area contributed by atoms with Crippen LogP contribution in [0.25, 0.3) is 0 Å². The number of nitrogens with one attached hydrogen (secondary N) is 4. The Morgan fingerprint density at radius 3 is 2.91 bits per heavy atom. The molecule has 1 atom stereocenters. The number of hydrazine groups is 1. The van der Waals surface area contributed by atoms with E-state index in [1.54, 1.807) is 6.20 Å². The Morgan fingerprint density at radius 2 is 2.09 bits per heavy atom. The zero-order valence-electron chi connectivity index (χ0n) is 12.6. The molecule has 1 aromatic carbocycles. The summed E-state index contributed by atoms with van der Waals surface area (Å²) in [5, 5.41) is 6.41. The Hall–Kier alpha value is -2.80. The van der Waals surface area contributed by atoms with Gasteiger partial charge in [0.15, 0.2) is 0 Å². The summed E-state index contributed by atoms with van der Waals surface area (Å²) in [7, 11) is 0. The van der Waals surface area contributed by atoms with E-state index in [0.717, 1.165) is 23.2 Å². The molecule has 7 heteroatoms. The maximum absolute atomic E-state index is 5.78. The fourth-order valence-electron chi connectivity index (χ4n) is 2.58. The Morgan fingerprint density at radius 1 is 1.17 bits per heavy atom. The summed E-state index contributed by atoms with van der Waals surface area (Å²) < 4.78 is 0. The maximum Gasteiger partial charge on any atom is 0.229 e. The van der Waals surface area contributed by atoms with E-state index in [2.05, 4.69) is 37.5 Å². The molecule has 1 aliphatic heterocycles. The van der Waals surface area contributed by atoms with Gasteiger partial charge in [-0.3, -0.25) is 0 Å². The summed E-state index contributed by atoms with van der Waals surface area (Å²) in [6, 6.07) is 9.73. The second-order valence-electron chi connectivity index (χ2n) is 5.85. The molecule has 23 heavy (non-hydrogen) atoms. The molecule has 118 valence electrons. The van der Waals surface area contributed by atoms with E-state index in [-0.39, 0.29) is 0 Å². The van der Waals surface area contributed by atoms with Crippen LogP contribution < -0.4 is 27.2 Å². The van der Waals surface area contributed by atoms with Gasteiger partial charge in [0.05, 0.1) is 6.04 Å². The fourth-order valence-corrected chi connectivity index (χ4v) is 2.58. The fraction of sp³-hybridized carbons (Fsp3) is 0.250. The SMILES string of the molecule is Nc1cccc(Nc2nccc(NC3=CC(C4CC4)NN3)n2)c1. The lowest BCUT2D eigenvalue weighted by atomic mass is 10.2. The van der Waals surface area contributed by atoms with E-state index in [9.17, 15) is 0 Å². The van der Waals surface area contributed by atoms with Crippen LogP contribution in [0.4, 0.5) is 23.1 Å². The van der Waals surface area contributed by atoms with E-state index in [0.29, 0.717) is 17.7 Å². The number of anilines is 4. The summed E-state index contributed by atoms with van der Waals surface area (Å²) in [6.07, 6.45) is 6.48. The van der Waals surface area contributed by atoms with Crippen molar-refractivity contribution in [3.8, 4) is 0 Å². The molecule has 7 nitrogen and oxygen atoms in total. The molecular formula is C16H19N7. The first-order valence-corrected chi connectivity index (χ1v) is 7.72. The zero-order valence-corrected chi connectivity index (χ0v) is 12.6. The molecule has 2 aromatic rings. The molecule has 1 fully saturated rings. The molecule has 0 spiro atoms. The number of aromatic nitrogens is 2. The van der Waals surface area contributed by atoms with Crippen LogP contribution in [0.5, 0.6) is 0 Å². The average molecular weight is 309 g/mol. The molecule has 1 aliphatic carbocycles. The van der Waals surface area contributed by atoms with Crippen molar-refractivity contribution in [1.29, 1.82) is 0 Å². The minimum Gasteiger partial charge on any atom is -0.399 e. The van der Waals surface area contributed by atoms with Gasteiger partial charge in [-0.15, -0.1) is 0 Å². The minimum absolute atomic E-state index is 0.407. The lowest BCUT2D eigenvalue weighted by Gasteiger charge is -2.10.